The fourth-order valence-electron chi connectivity index (χ4n) is 2.15. The largest absolute Gasteiger partial charge is 0.493 e. The molecular formula is C15H18N4O3S. The van der Waals surface area contributed by atoms with Crippen molar-refractivity contribution < 1.29 is 14.6 Å². The number of nitrogens with zero attached hydrogens (tertiary/aromatic N) is 3. The highest BCUT2D eigenvalue weighted by molar-refractivity contribution is 7.80. The highest BCUT2D eigenvalue weighted by Crippen LogP contribution is 2.38. The van der Waals surface area contributed by atoms with Crippen molar-refractivity contribution in [1.82, 2.24) is 9.88 Å². The van der Waals surface area contributed by atoms with Crippen LogP contribution in [-0.2, 0) is 16.1 Å². The average molecular weight is 334 g/mol. The number of hydrogen-bond donors (Lipinski definition) is 2. The Morgan fingerprint density at radius 2 is 2.13 bits per heavy atom. The van der Waals surface area contributed by atoms with Crippen LogP contribution in [0.5, 0.6) is 5.88 Å². The SMILES string of the molecule is CCNC(=S)N=Nc1c(O)n(CC(=O)OCC)c2ccccc12. The van der Waals surface area contributed by atoms with Crippen molar-refractivity contribution in [2.75, 3.05) is 13.2 Å². The van der Waals surface area contributed by atoms with Gasteiger partial charge >= 0.3 is 5.97 Å². The van der Waals surface area contributed by atoms with Crippen molar-refractivity contribution >= 4 is 39.9 Å². The molecular weight excluding hydrogens is 316 g/mol. The number of thiocarbonyl (C=S) groups is 1. The van der Waals surface area contributed by atoms with Gasteiger partial charge in [-0.15, -0.1) is 10.2 Å². The molecule has 0 spiro atoms. The van der Waals surface area contributed by atoms with E-state index < -0.39 is 5.97 Å². The number of hydrogen-bond acceptors (Lipinski definition) is 5. The second-order valence-corrected chi connectivity index (χ2v) is 5.00. The highest BCUT2D eigenvalue weighted by Gasteiger charge is 2.18. The molecule has 0 radical (unpaired) electrons. The van der Waals surface area contributed by atoms with Gasteiger partial charge in [0.05, 0.1) is 12.1 Å². The predicted octanol–water partition coefficient (Wildman–Crippen LogP) is 2.89. The molecule has 122 valence electrons. The second-order valence-electron chi connectivity index (χ2n) is 4.62. The zero-order chi connectivity index (χ0) is 16.8. The number of benzene rings is 1. The lowest BCUT2D eigenvalue weighted by Crippen LogP contribution is -2.17. The van der Waals surface area contributed by atoms with Gasteiger partial charge in [0.25, 0.3) is 0 Å². The maximum Gasteiger partial charge on any atom is 0.326 e. The van der Waals surface area contributed by atoms with E-state index in [1.165, 1.54) is 4.57 Å². The monoisotopic (exact) mass is 334 g/mol. The van der Waals surface area contributed by atoms with Crippen molar-refractivity contribution in [2.45, 2.75) is 20.4 Å². The van der Waals surface area contributed by atoms with E-state index in [9.17, 15) is 9.90 Å². The van der Waals surface area contributed by atoms with E-state index in [4.69, 9.17) is 17.0 Å². The van der Waals surface area contributed by atoms with Crippen LogP contribution in [0.3, 0.4) is 0 Å². The standard InChI is InChI=1S/C15H18N4O3S/c1-3-16-15(23)18-17-13-10-7-5-6-8-11(10)19(14(13)21)9-12(20)22-4-2/h5-8,21H,3-4,9H2,1-2H3,(H,16,23). The van der Waals surface area contributed by atoms with Crippen molar-refractivity contribution in [2.24, 2.45) is 10.2 Å². The Bertz CT molecular complexity index is 755. The third-order valence-corrected chi connectivity index (χ3v) is 3.30. The molecule has 7 nitrogen and oxygen atoms in total. The summed E-state index contributed by atoms with van der Waals surface area (Å²) in [7, 11) is 0. The van der Waals surface area contributed by atoms with Crippen molar-refractivity contribution in [3.63, 3.8) is 0 Å². The minimum absolute atomic E-state index is 0.104. The first-order chi connectivity index (χ1) is 11.1. The molecule has 0 atom stereocenters. The zero-order valence-corrected chi connectivity index (χ0v) is 13.8. The number of para-hydroxylation sites is 1. The lowest BCUT2D eigenvalue weighted by Gasteiger charge is -2.06. The molecule has 0 amide bonds. The number of carbonyl (C=O) groups excluding carboxylic acids is 1. The Hall–Kier alpha value is -2.48. The molecule has 0 aliphatic rings. The van der Waals surface area contributed by atoms with E-state index >= 15 is 0 Å². The molecule has 0 fully saturated rings. The molecule has 1 aromatic heterocycles. The lowest BCUT2D eigenvalue weighted by atomic mass is 10.2. The normalized spacial score (nSPS) is 11.0. The number of rotatable bonds is 5. The first kappa shape index (κ1) is 16.9. The number of azo groups is 1. The summed E-state index contributed by atoms with van der Waals surface area (Å²) in [5, 5.41) is 22.1. The summed E-state index contributed by atoms with van der Waals surface area (Å²) in [6.45, 7) is 4.43. The molecule has 0 aliphatic heterocycles. The Balaban J connectivity index is 2.43. The summed E-state index contributed by atoms with van der Waals surface area (Å²) in [5.41, 5.74) is 0.937. The summed E-state index contributed by atoms with van der Waals surface area (Å²) in [6, 6.07) is 7.21. The predicted molar refractivity (Wildman–Crippen MR) is 91.0 cm³/mol. The number of nitrogens with one attached hydrogen (secondary N) is 1. The first-order valence-electron chi connectivity index (χ1n) is 7.23. The highest BCUT2D eigenvalue weighted by atomic mass is 32.1. The maximum atomic E-state index is 11.7. The van der Waals surface area contributed by atoms with Gasteiger partial charge in [0.1, 0.15) is 6.54 Å². The van der Waals surface area contributed by atoms with Gasteiger partial charge in [-0.3, -0.25) is 9.36 Å². The number of fused-ring (bicyclic) bond motifs is 1. The van der Waals surface area contributed by atoms with Crippen LogP contribution in [0.25, 0.3) is 10.9 Å². The second kappa shape index (κ2) is 7.68. The number of carbonyl (C=O) groups is 1. The fraction of sp³-hybridized carbons (Fsp3) is 0.333. The summed E-state index contributed by atoms with van der Waals surface area (Å²) in [6.07, 6.45) is 0. The topological polar surface area (TPSA) is 88.2 Å². The fourth-order valence-corrected chi connectivity index (χ4v) is 2.33. The quantitative estimate of drug-likeness (QED) is 0.499. The number of esters is 1. The van der Waals surface area contributed by atoms with E-state index in [1.807, 2.05) is 19.1 Å². The average Bonchev–Trinajstić information content (AvgIpc) is 2.78. The van der Waals surface area contributed by atoms with Gasteiger partial charge in [0, 0.05) is 11.9 Å². The van der Waals surface area contributed by atoms with Crippen LogP contribution in [0.4, 0.5) is 5.69 Å². The molecule has 23 heavy (non-hydrogen) atoms. The maximum absolute atomic E-state index is 11.7. The molecule has 2 N–H and O–H groups in total. The molecule has 2 aromatic rings. The van der Waals surface area contributed by atoms with E-state index in [0.29, 0.717) is 17.4 Å². The number of aromatic nitrogens is 1. The Kier molecular flexibility index (Phi) is 5.64. The van der Waals surface area contributed by atoms with Gasteiger partial charge in [0.15, 0.2) is 5.69 Å². The van der Waals surface area contributed by atoms with Crippen LogP contribution in [0, 0.1) is 0 Å². The summed E-state index contributed by atoms with van der Waals surface area (Å²) in [5.74, 6) is -0.586. The van der Waals surface area contributed by atoms with Crippen LogP contribution in [0.1, 0.15) is 13.8 Å². The van der Waals surface area contributed by atoms with E-state index in [-0.39, 0.29) is 29.8 Å². The minimum atomic E-state index is -0.435. The molecule has 0 bridgehead atoms. The van der Waals surface area contributed by atoms with Gasteiger partial charge < -0.3 is 15.2 Å². The van der Waals surface area contributed by atoms with Crippen LogP contribution in [0.15, 0.2) is 34.5 Å². The molecule has 1 heterocycles. The Morgan fingerprint density at radius 3 is 2.83 bits per heavy atom. The van der Waals surface area contributed by atoms with Crippen molar-refractivity contribution in [3.05, 3.63) is 24.3 Å². The minimum Gasteiger partial charge on any atom is -0.493 e. The molecule has 0 aliphatic carbocycles. The van der Waals surface area contributed by atoms with Crippen molar-refractivity contribution in [3.8, 4) is 5.88 Å². The Morgan fingerprint density at radius 1 is 1.39 bits per heavy atom. The van der Waals surface area contributed by atoms with Crippen LogP contribution >= 0.6 is 12.2 Å². The zero-order valence-electron chi connectivity index (χ0n) is 12.9. The number of ether oxygens (including phenoxy) is 1. The van der Waals surface area contributed by atoms with E-state index in [1.54, 1.807) is 19.1 Å². The van der Waals surface area contributed by atoms with Crippen molar-refractivity contribution in [1.29, 1.82) is 0 Å². The van der Waals surface area contributed by atoms with Gasteiger partial charge in [-0.2, -0.15) is 0 Å². The van der Waals surface area contributed by atoms with E-state index in [0.717, 1.165) is 0 Å². The smallest absolute Gasteiger partial charge is 0.326 e. The summed E-state index contributed by atoms with van der Waals surface area (Å²) in [4.78, 5) is 11.7. The first-order valence-corrected chi connectivity index (χ1v) is 7.64. The molecule has 0 saturated heterocycles. The van der Waals surface area contributed by atoms with Crippen LogP contribution in [0.2, 0.25) is 0 Å². The molecule has 0 unspecified atom stereocenters. The van der Waals surface area contributed by atoms with Crippen LogP contribution in [-0.4, -0.2) is 33.9 Å². The molecule has 8 heteroatoms. The van der Waals surface area contributed by atoms with Crippen LogP contribution < -0.4 is 5.32 Å². The van der Waals surface area contributed by atoms with E-state index in [2.05, 4.69) is 15.5 Å². The third-order valence-electron chi connectivity index (χ3n) is 3.08. The molecule has 0 saturated carbocycles. The summed E-state index contributed by atoms with van der Waals surface area (Å²) < 4.78 is 6.38. The summed E-state index contributed by atoms with van der Waals surface area (Å²) >= 11 is 5.00. The Labute approximate surface area is 139 Å². The lowest BCUT2D eigenvalue weighted by molar-refractivity contribution is -0.143. The van der Waals surface area contributed by atoms with Gasteiger partial charge in [0.2, 0.25) is 11.0 Å². The van der Waals surface area contributed by atoms with Gasteiger partial charge in [-0.1, -0.05) is 18.2 Å². The molecule has 1 aromatic carbocycles. The third kappa shape index (κ3) is 3.84. The van der Waals surface area contributed by atoms with Gasteiger partial charge in [-0.05, 0) is 32.1 Å². The van der Waals surface area contributed by atoms with Gasteiger partial charge in [-0.25, -0.2) is 0 Å². The molecule has 2 rings (SSSR count). The number of aromatic hydroxyl groups is 1.